The molecule has 3 nitrogen and oxygen atoms in total. The molecule has 14 heavy (non-hydrogen) atoms. The van der Waals surface area contributed by atoms with E-state index in [0.717, 1.165) is 8.96 Å². The lowest BCUT2D eigenvalue weighted by atomic mass is 10.3. The van der Waals surface area contributed by atoms with Crippen LogP contribution >= 0.6 is 22.6 Å². The highest BCUT2D eigenvalue weighted by molar-refractivity contribution is 14.1. The molecular formula is C8H5F2IN2O. The average Bonchev–Trinajstić information content (AvgIpc) is 2.46. The fraction of sp³-hybridized carbons (Fsp3) is 0.125. The summed E-state index contributed by atoms with van der Waals surface area (Å²) in [5.41, 5.74) is 0.549. The third-order valence-corrected chi connectivity index (χ3v) is 2.56. The molecule has 2 heterocycles. The minimum atomic E-state index is -2.84. The van der Waals surface area contributed by atoms with Gasteiger partial charge in [0.15, 0.2) is 0 Å². The number of aromatic nitrogens is 2. The van der Waals surface area contributed by atoms with Crippen LogP contribution in [0.15, 0.2) is 18.3 Å². The van der Waals surface area contributed by atoms with Gasteiger partial charge in [-0.05, 0) is 28.7 Å². The van der Waals surface area contributed by atoms with E-state index in [1.807, 2.05) is 0 Å². The maximum atomic E-state index is 11.9. The average molecular weight is 310 g/mol. The normalized spacial score (nSPS) is 11.1. The number of nitrogens with zero attached hydrogens (tertiary/aromatic N) is 1. The van der Waals surface area contributed by atoms with Crippen molar-refractivity contribution in [1.82, 2.24) is 9.97 Å². The van der Waals surface area contributed by atoms with Crippen molar-refractivity contribution < 1.29 is 13.5 Å². The standard InChI is InChI=1S/C8H5F2IN2O/c9-8(10)14-6-2-1-4-5(11)3-12-7(4)13-6/h1-3,8H,(H,12,13). The van der Waals surface area contributed by atoms with Crippen LogP contribution in [0.4, 0.5) is 8.78 Å². The first-order valence-electron chi connectivity index (χ1n) is 3.75. The molecular weight excluding hydrogens is 305 g/mol. The van der Waals surface area contributed by atoms with Crippen LogP contribution in [-0.4, -0.2) is 16.6 Å². The van der Waals surface area contributed by atoms with Gasteiger partial charge in [-0.2, -0.15) is 13.8 Å². The van der Waals surface area contributed by atoms with Crippen LogP contribution in [0.1, 0.15) is 0 Å². The Kier molecular flexibility index (Phi) is 2.53. The van der Waals surface area contributed by atoms with Crippen molar-refractivity contribution in [2.24, 2.45) is 0 Å². The van der Waals surface area contributed by atoms with Crippen molar-refractivity contribution in [3.05, 3.63) is 21.9 Å². The predicted octanol–water partition coefficient (Wildman–Crippen LogP) is 2.77. The van der Waals surface area contributed by atoms with E-state index in [2.05, 4.69) is 37.3 Å². The first-order chi connectivity index (χ1) is 6.66. The quantitative estimate of drug-likeness (QED) is 0.866. The monoisotopic (exact) mass is 310 g/mol. The maximum absolute atomic E-state index is 11.9. The lowest BCUT2D eigenvalue weighted by Crippen LogP contribution is -2.03. The van der Waals surface area contributed by atoms with E-state index >= 15 is 0 Å². The van der Waals surface area contributed by atoms with E-state index in [4.69, 9.17) is 0 Å². The van der Waals surface area contributed by atoms with Crippen LogP contribution in [0.3, 0.4) is 0 Å². The molecule has 0 saturated carbocycles. The van der Waals surface area contributed by atoms with E-state index in [1.54, 1.807) is 12.3 Å². The zero-order valence-electron chi connectivity index (χ0n) is 6.80. The third-order valence-electron chi connectivity index (χ3n) is 1.67. The van der Waals surface area contributed by atoms with Gasteiger partial charge >= 0.3 is 6.61 Å². The fourth-order valence-corrected chi connectivity index (χ4v) is 1.70. The largest absolute Gasteiger partial charge is 0.417 e. The van der Waals surface area contributed by atoms with E-state index < -0.39 is 6.61 Å². The second-order valence-corrected chi connectivity index (χ2v) is 3.72. The molecule has 0 atom stereocenters. The molecule has 0 radical (unpaired) electrons. The third kappa shape index (κ3) is 1.79. The first kappa shape index (κ1) is 9.63. The van der Waals surface area contributed by atoms with E-state index in [9.17, 15) is 8.78 Å². The van der Waals surface area contributed by atoms with Gasteiger partial charge in [0, 0.05) is 21.2 Å². The smallest absolute Gasteiger partial charge is 0.388 e. The SMILES string of the molecule is FC(F)Oc1ccc2c(I)c[nH]c2n1. The summed E-state index contributed by atoms with van der Waals surface area (Å²) in [6.45, 7) is -2.84. The van der Waals surface area contributed by atoms with Crippen molar-refractivity contribution in [2.75, 3.05) is 0 Å². The highest BCUT2D eigenvalue weighted by atomic mass is 127. The van der Waals surface area contributed by atoms with Gasteiger partial charge in [-0.25, -0.2) is 0 Å². The molecule has 0 amide bonds. The number of rotatable bonds is 2. The topological polar surface area (TPSA) is 37.9 Å². The Morgan fingerprint density at radius 1 is 1.43 bits per heavy atom. The molecule has 2 aromatic rings. The first-order valence-corrected chi connectivity index (χ1v) is 4.83. The number of H-pyrrole nitrogens is 1. The molecule has 0 aliphatic rings. The van der Waals surface area contributed by atoms with Gasteiger partial charge in [0.1, 0.15) is 5.65 Å². The van der Waals surface area contributed by atoms with Crippen LogP contribution < -0.4 is 4.74 Å². The molecule has 0 aliphatic heterocycles. The van der Waals surface area contributed by atoms with E-state index in [0.29, 0.717) is 5.65 Å². The minimum absolute atomic E-state index is 0.0780. The summed E-state index contributed by atoms with van der Waals surface area (Å²) < 4.78 is 28.9. The number of halogens is 3. The van der Waals surface area contributed by atoms with E-state index in [-0.39, 0.29) is 5.88 Å². The molecule has 0 unspecified atom stereocenters. The number of ether oxygens (including phenoxy) is 1. The number of hydrogen-bond donors (Lipinski definition) is 1. The molecule has 6 heteroatoms. The van der Waals surface area contributed by atoms with E-state index in [1.165, 1.54) is 6.07 Å². The van der Waals surface area contributed by atoms with Crippen LogP contribution in [0.5, 0.6) is 5.88 Å². The molecule has 2 rings (SSSR count). The lowest BCUT2D eigenvalue weighted by Gasteiger charge is -2.02. The molecule has 0 aliphatic carbocycles. The predicted molar refractivity (Wildman–Crippen MR) is 55.4 cm³/mol. The van der Waals surface area contributed by atoms with Crippen LogP contribution in [-0.2, 0) is 0 Å². The van der Waals surface area contributed by atoms with Gasteiger partial charge in [-0.3, -0.25) is 0 Å². The Hall–Kier alpha value is -0.920. The van der Waals surface area contributed by atoms with Gasteiger partial charge in [0.05, 0.1) is 0 Å². The number of pyridine rings is 1. The number of hydrogen-bond acceptors (Lipinski definition) is 2. The summed E-state index contributed by atoms with van der Waals surface area (Å²) in [5, 5.41) is 0.896. The molecule has 1 N–H and O–H groups in total. The van der Waals surface area contributed by atoms with Crippen molar-refractivity contribution in [1.29, 1.82) is 0 Å². The summed E-state index contributed by atoms with van der Waals surface area (Å²) in [4.78, 5) is 6.73. The second-order valence-electron chi connectivity index (χ2n) is 2.56. The number of fused-ring (bicyclic) bond motifs is 1. The van der Waals surface area contributed by atoms with Crippen LogP contribution in [0, 0.1) is 3.57 Å². The Labute approximate surface area is 91.6 Å². The molecule has 0 fully saturated rings. The molecule has 2 aromatic heterocycles. The van der Waals surface area contributed by atoms with Crippen molar-refractivity contribution >= 4 is 33.6 Å². The van der Waals surface area contributed by atoms with Gasteiger partial charge in [-0.1, -0.05) is 0 Å². The molecule has 0 aromatic carbocycles. The van der Waals surface area contributed by atoms with Gasteiger partial charge in [0.2, 0.25) is 5.88 Å². The maximum Gasteiger partial charge on any atom is 0.388 e. The fourth-order valence-electron chi connectivity index (χ4n) is 1.11. The lowest BCUT2D eigenvalue weighted by molar-refractivity contribution is -0.0526. The number of alkyl halides is 2. The highest BCUT2D eigenvalue weighted by Gasteiger charge is 2.07. The van der Waals surface area contributed by atoms with Gasteiger partial charge in [-0.15, -0.1) is 0 Å². The summed E-state index contributed by atoms with van der Waals surface area (Å²) in [6, 6.07) is 3.11. The zero-order valence-corrected chi connectivity index (χ0v) is 8.96. The Bertz CT molecular complexity index is 458. The Balaban J connectivity index is 2.42. The summed E-state index contributed by atoms with van der Waals surface area (Å²) in [7, 11) is 0. The van der Waals surface area contributed by atoms with Crippen molar-refractivity contribution in [3.8, 4) is 5.88 Å². The van der Waals surface area contributed by atoms with Crippen molar-refractivity contribution in [3.63, 3.8) is 0 Å². The number of nitrogens with one attached hydrogen (secondary N) is 1. The number of aromatic amines is 1. The van der Waals surface area contributed by atoms with Crippen LogP contribution in [0.25, 0.3) is 11.0 Å². The summed E-state index contributed by atoms with van der Waals surface area (Å²) in [5.74, 6) is -0.0780. The zero-order chi connectivity index (χ0) is 10.1. The molecule has 0 saturated heterocycles. The van der Waals surface area contributed by atoms with Gasteiger partial charge < -0.3 is 9.72 Å². The molecule has 0 spiro atoms. The Morgan fingerprint density at radius 2 is 2.21 bits per heavy atom. The highest BCUT2D eigenvalue weighted by Crippen LogP contribution is 2.21. The van der Waals surface area contributed by atoms with Crippen LogP contribution in [0.2, 0.25) is 0 Å². The minimum Gasteiger partial charge on any atom is -0.417 e. The van der Waals surface area contributed by atoms with Crippen molar-refractivity contribution in [2.45, 2.75) is 6.61 Å². The van der Waals surface area contributed by atoms with Gasteiger partial charge in [0.25, 0.3) is 0 Å². The molecule has 74 valence electrons. The Morgan fingerprint density at radius 3 is 2.93 bits per heavy atom. The summed E-state index contributed by atoms with van der Waals surface area (Å²) >= 11 is 2.13. The summed E-state index contributed by atoms with van der Waals surface area (Å²) in [6.07, 6.45) is 1.75. The second kappa shape index (κ2) is 3.68. The molecule has 0 bridgehead atoms.